The summed E-state index contributed by atoms with van der Waals surface area (Å²) >= 11 is 0. The Morgan fingerprint density at radius 1 is 1.10 bits per heavy atom. The molecule has 2 unspecified atom stereocenters. The molecule has 0 saturated carbocycles. The Bertz CT molecular complexity index is 364. The zero-order chi connectivity index (χ0) is 15.1. The van der Waals surface area contributed by atoms with Crippen LogP contribution < -0.4 is 16.1 Å². The highest BCUT2D eigenvalue weighted by Gasteiger charge is 2.26. The molecular weight excluding hydrogens is 264 g/mol. The summed E-state index contributed by atoms with van der Waals surface area (Å²) in [5, 5.41) is 14.8. The van der Waals surface area contributed by atoms with Crippen LogP contribution in [0.3, 0.4) is 0 Å². The number of rotatable bonds is 5. The highest BCUT2D eigenvalue weighted by molar-refractivity contribution is 5.86. The lowest BCUT2D eigenvalue weighted by molar-refractivity contribution is -0.137. The van der Waals surface area contributed by atoms with E-state index >= 15 is 0 Å². The van der Waals surface area contributed by atoms with E-state index in [1.807, 2.05) is 18.9 Å². The van der Waals surface area contributed by atoms with E-state index in [0.29, 0.717) is 0 Å². The third kappa shape index (κ3) is 5.43. The fourth-order valence-corrected chi connectivity index (χ4v) is 2.20. The van der Waals surface area contributed by atoms with Crippen molar-refractivity contribution in [1.82, 2.24) is 21.1 Å². The highest BCUT2D eigenvalue weighted by atomic mass is 16.4. The summed E-state index contributed by atoms with van der Waals surface area (Å²) in [4.78, 5) is 33.2. The smallest absolute Gasteiger partial charge is 0.329 e. The summed E-state index contributed by atoms with van der Waals surface area (Å²) in [5.41, 5.74) is 2.73. The molecular formula is C12H22N4O4. The molecule has 114 valence electrons. The molecule has 0 radical (unpaired) electrons. The van der Waals surface area contributed by atoms with E-state index < -0.39 is 24.5 Å². The molecule has 20 heavy (non-hydrogen) atoms. The standard InChI is InChI=1S/C12H22N4O4/c1-8-4-3-5-9(2)16(8)15-12(20)14-6-10(17)13-7-11(18)19/h8-9H,3-7H2,1-2H3,(H,13,17)(H,18,19)(H2,14,15,20). The van der Waals surface area contributed by atoms with Gasteiger partial charge < -0.3 is 15.7 Å². The van der Waals surface area contributed by atoms with E-state index in [1.54, 1.807) is 0 Å². The van der Waals surface area contributed by atoms with Gasteiger partial charge in [0.15, 0.2) is 0 Å². The number of aliphatic carboxylic acids is 1. The van der Waals surface area contributed by atoms with E-state index in [4.69, 9.17) is 5.11 Å². The summed E-state index contributed by atoms with van der Waals surface area (Å²) in [6.45, 7) is 3.36. The summed E-state index contributed by atoms with van der Waals surface area (Å²) in [6, 6.07) is 0.0479. The first-order chi connectivity index (χ1) is 9.40. The molecule has 0 aromatic heterocycles. The number of carboxylic acid groups (broad SMARTS) is 1. The molecule has 8 nitrogen and oxygen atoms in total. The number of nitrogens with one attached hydrogen (secondary N) is 3. The van der Waals surface area contributed by atoms with Gasteiger partial charge in [-0.2, -0.15) is 0 Å². The Morgan fingerprint density at radius 2 is 1.70 bits per heavy atom. The number of carboxylic acids is 1. The Balaban J connectivity index is 2.29. The van der Waals surface area contributed by atoms with Crippen LogP contribution in [0.4, 0.5) is 4.79 Å². The van der Waals surface area contributed by atoms with Crippen molar-refractivity contribution >= 4 is 17.9 Å². The van der Waals surface area contributed by atoms with E-state index in [-0.39, 0.29) is 18.6 Å². The number of hydrogen-bond donors (Lipinski definition) is 4. The number of urea groups is 1. The minimum Gasteiger partial charge on any atom is -0.480 e. The monoisotopic (exact) mass is 286 g/mol. The molecule has 3 amide bonds. The van der Waals surface area contributed by atoms with Gasteiger partial charge >= 0.3 is 12.0 Å². The first kappa shape index (κ1) is 16.2. The molecule has 1 saturated heterocycles. The molecule has 4 N–H and O–H groups in total. The zero-order valence-corrected chi connectivity index (χ0v) is 11.8. The minimum absolute atomic E-state index is 0.254. The van der Waals surface area contributed by atoms with Crippen molar-refractivity contribution in [2.75, 3.05) is 13.1 Å². The number of nitrogens with zero attached hydrogens (tertiary/aromatic N) is 1. The molecule has 1 aliphatic rings. The van der Waals surface area contributed by atoms with Gasteiger partial charge in [0.05, 0.1) is 6.54 Å². The van der Waals surface area contributed by atoms with E-state index in [0.717, 1.165) is 19.3 Å². The fourth-order valence-electron chi connectivity index (χ4n) is 2.20. The lowest BCUT2D eigenvalue weighted by atomic mass is 10.00. The van der Waals surface area contributed by atoms with Gasteiger partial charge in [0.25, 0.3) is 0 Å². The molecule has 8 heteroatoms. The quantitative estimate of drug-likeness (QED) is 0.553. The van der Waals surface area contributed by atoms with Crippen molar-refractivity contribution in [3.05, 3.63) is 0 Å². The number of amides is 3. The van der Waals surface area contributed by atoms with Gasteiger partial charge in [-0.3, -0.25) is 15.0 Å². The molecule has 0 aromatic carbocycles. The number of hydrogen-bond acceptors (Lipinski definition) is 4. The van der Waals surface area contributed by atoms with Crippen molar-refractivity contribution in [3.63, 3.8) is 0 Å². The second kappa shape index (κ2) is 7.68. The molecule has 0 aliphatic carbocycles. The third-order valence-corrected chi connectivity index (χ3v) is 3.27. The van der Waals surface area contributed by atoms with Gasteiger partial charge in [-0.15, -0.1) is 0 Å². The van der Waals surface area contributed by atoms with Crippen LogP contribution >= 0.6 is 0 Å². The predicted octanol–water partition coefficient (Wildman–Crippen LogP) is -0.336. The van der Waals surface area contributed by atoms with E-state index in [2.05, 4.69) is 16.1 Å². The highest BCUT2D eigenvalue weighted by Crippen LogP contribution is 2.19. The molecule has 2 atom stereocenters. The average molecular weight is 286 g/mol. The van der Waals surface area contributed by atoms with Crippen molar-refractivity contribution in [3.8, 4) is 0 Å². The van der Waals surface area contributed by atoms with E-state index in [1.165, 1.54) is 0 Å². The normalized spacial score (nSPS) is 22.9. The Hall–Kier alpha value is -1.83. The number of hydrazine groups is 1. The largest absolute Gasteiger partial charge is 0.480 e. The second-order valence-corrected chi connectivity index (χ2v) is 5.00. The van der Waals surface area contributed by atoms with E-state index in [9.17, 15) is 14.4 Å². The zero-order valence-electron chi connectivity index (χ0n) is 11.8. The van der Waals surface area contributed by atoms with Crippen molar-refractivity contribution in [2.24, 2.45) is 0 Å². The van der Waals surface area contributed by atoms with Crippen LogP contribution in [0.2, 0.25) is 0 Å². The maximum atomic E-state index is 11.7. The molecule has 1 aliphatic heterocycles. The van der Waals surface area contributed by atoms with Gasteiger partial charge in [-0.25, -0.2) is 9.80 Å². The first-order valence-electron chi connectivity index (χ1n) is 6.71. The van der Waals surface area contributed by atoms with Gasteiger partial charge in [0.1, 0.15) is 6.54 Å². The number of piperidine rings is 1. The molecule has 0 bridgehead atoms. The summed E-state index contributed by atoms with van der Waals surface area (Å²) in [6.07, 6.45) is 3.17. The van der Waals surface area contributed by atoms with Crippen molar-refractivity contribution < 1.29 is 19.5 Å². The summed E-state index contributed by atoms with van der Waals surface area (Å²) in [7, 11) is 0. The van der Waals surface area contributed by atoms with Gasteiger partial charge in [-0.1, -0.05) is 6.42 Å². The Morgan fingerprint density at radius 3 is 2.25 bits per heavy atom. The van der Waals surface area contributed by atoms with Crippen LogP contribution in [0.1, 0.15) is 33.1 Å². The van der Waals surface area contributed by atoms with Crippen molar-refractivity contribution in [2.45, 2.75) is 45.2 Å². The second-order valence-electron chi connectivity index (χ2n) is 5.00. The van der Waals surface area contributed by atoms with Crippen LogP contribution in [0.5, 0.6) is 0 Å². The predicted molar refractivity (Wildman–Crippen MR) is 71.8 cm³/mol. The summed E-state index contributed by atoms with van der Waals surface area (Å²) < 4.78 is 0. The lowest BCUT2D eigenvalue weighted by Crippen LogP contribution is -2.57. The summed E-state index contributed by atoms with van der Waals surface area (Å²) in [5.74, 6) is -1.67. The molecule has 1 rings (SSSR count). The van der Waals surface area contributed by atoms with Crippen LogP contribution in [-0.2, 0) is 9.59 Å². The van der Waals surface area contributed by atoms with Gasteiger partial charge in [-0.05, 0) is 26.7 Å². The number of carbonyl (C=O) groups is 3. The number of carbonyl (C=O) groups excluding carboxylic acids is 2. The topological polar surface area (TPSA) is 111 Å². The van der Waals surface area contributed by atoms with Gasteiger partial charge in [0, 0.05) is 12.1 Å². The SMILES string of the molecule is CC1CCCC(C)N1NC(=O)NCC(=O)NCC(=O)O. The fraction of sp³-hybridized carbons (Fsp3) is 0.750. The van der Waals surface area contributed by atoms with Crippen LogP contribution in [-0.4, -0.2) is 53.2 Å². The minimum atomic E-state index is -1.13. The van der Waals surface area contributed by atoms with Crippen LogP contribution in [0.15, 0.2) is 0 Å². The Labute approximate surface area is 117 Å². The molecule has 1 fully saturated rings. The van der Waals surface area contributed by atoms with Crippen LogP contribution in [0, 0.1) is 0 Å². The average Bonchev–Trinajstić information content (AvgIpc) is 2.38. The van der Waals surface area contributed by atoms with Gasteiger partial charge in [0.2, 0.25) is 5.91 Å². The molecule has 1 heterocycles. The molecule has 0 spiro atoms. The maximum absolute atomic E-state index is 11.7. The molecule has 0 aromatic rings. The van der Waals surface area contributed by atoms with Crippen molar-refractivity contribution in [1.29, 1.82) is 0 Å². The maximum Gasteiger partial charge on any atom is 0.329 e. The third-order valence-electron chi connectivity index (χ3n) is 3.27. The first-order valence-corrected chi connectivity index (χ1v) is 6.71. The Kier molecular flexibility index (Phi) is 6.23. The lowest BCUT2D eigenvalue weighted by Gasteiger charge is -2.38. The van der Waals surface area contributed by atoms with Crippen LogP contribution in [0.25, 0.3) is 0 Å².